The van der Waals surface area contributed by atoms with Gasteiger partial charge in [-0.05, 0) is 24.2 Å². The first-order chi connectivity index (χ1) is 10.1. The second kappa shape index (κ2) is 4.76. The summed E-state index contributed by atoms with van der Waals surface area (Å²) in [5.74, 6) is 0. The van der Waals surface area contributed by atoms with Crippen LogP contribution in [0.3, 0.4) is 0 Å². The number of hydrogen-bond donors (Lipinski definition) is 1. The summed E-state index contributed by atoms with van der Waals surface area (Å²) in [6.45, 7) is 6.76. The van der Waals surface area contributed by atoms with Crippen LogP contribution in [0.25, 0.3) is 0 Å². The largest absolute Gasteiger partial charge is 0.356 e. The van der Waals surface area contributed by atoms with Crippen molar-refractivity contribution < 1.29 is 6.85 Å². The second-order valence-corrected chi connectivity index (χ2v) is 10.0. The van der Waals surface area contributed by atoms with Crippen molar-refractivity contribution in [1.29, 1.82) is 0 Å². The van der Waals surface area contributed by atoms with Crippen LogP contribution in [-0.4, -0.2) is 8.07 Å². The second-order valence-electron chi connectivity index (χ2n) is 4.95. The van der Waals surface area contributed by atoms with Crippen LogP contribution >= 0.6 is 0 Å². The summed E-state index contributed by atoms with van der Waals surface area (Å²) in [5.41, 5.74) is 0.812. The number of benzene rings is 2. The Kier molecular flexibility index (Phi) is 1.96. The average molecular weight is 246 g/mol. The fourth-order valence-electron chi connectivity index (χ4n) is 1.51. The summed E-state index contributed by atoms with van der Waals surface area (Å²) in [7, 11) is -1.38. The van der Waals surface area contributed by atoms with E-state index in [-0.39, 0.29) is 35.9 Å². The molecule has 0 atom stereocenters. The van der Waals surface area contributed by atoms with Gasteiger partial charge in [0.2, 0.25) is 0 Å². The zero-order valence-corrected chi connectivity index (χ0v) is 11.3. The van der Waals surface area contributed by atoms with E-state index in [1.807, 2.05) is 24.3 Å². The van der Waals surface area contributed by atoms with Gasteiger partial charge in [-0.1, -0.05) is 55.1 Å². The Labute approximate surface area is 112 Å². The van der Waals surface area contributed by atoms with Gasteiger partial charge in [0.1, 0.15) is 0 Å². The molecule has 0 unspecified atom stereocenters. The molecule has 0 aromatic heterocycles. The first-order valence-electron chi connectivity index (χ1n) is 8.07. The molecule has 1 N–H and O–H groups in total. The molecule has 0 saturated heterocycles. The van der Waals surface area contributed by atoms with E-state index in [2.05, 4.69) is 25.0 Å². The maximum atomic E-state index is 7.90. The van der Waals surface area contributed by atoms with Crippen molar-refractivity contribution in [3.63, 3.8) is 0 Å². The molecule has 1 nitrogen and oxygen atoms in total. The van der Waals surface area contributed by atoms with Gasteiger partial charge >= 0.3 is 0 Å². The van der Waals surface area contributed by atoms with Crippen molar-refractivity contribution >= 4 is 24.6 Å². The zero-order valence-electron chi connectivity index (χ0n) is 15.3. The number of anilines is 2. The molecule has 0 aliphatic rings. The molecule has 2 heteroatoms. The molecule has 0 heterocycles. The summed E-state index contributed by atoms with van der Waals surface area (Å²) in [6.07, 6.45) is 0. The third-order valence-electron chi connectivity index (χ3n) is 2.52. The molecule has 2 aromatic rings. The lowest BCUT2D eigenvalue weighted by Gasteiger charge is -2.17. The van der Waals surface area contributed by atoms with Gasteiger partial charge in [0.25, 0.3) is 0 Å². The molecule has 0 bridgehead atoms. The molecular weight excluding hydrogens is 222 g/mol. The minimum Gasteiger partial charge on any atom is -0.356 e. The van der Waals surface area contributed by atoms with E-state index >= 15 is 0 Å². The molecule has 2 rings (SSSR count). The van der Waals surface area contributed by atoms with E-state index in [1.54, 1.807) is 0 Å². The van der Waals surface area contributed by atoms with Gasteiger partial charge in [-0.15, -0.1) is 0 Å². The van der Waals surface area contributed by atoms with E-state index in [0.717, 1.165) is 0 Å². The van der Waals surface area contributed by atoms with E-state index < -0.39 is 8.07 Å². The molecule has 0 fully saturated rings. The quantitative estimate of drug-likeness (QED) is 0.808. The van der Waals surface area contributed by atoms with Crippen molar-refractivity contribution in [2.24, 2.45) is 0 Å². The van der Waals surface area contributed by atoms with Gasteiger partial charge in [-0.3, -0.25) is 0 Å². The minimum atomic E-state index is -1.38. The lowest BCUT2D eigenvalue weighted by Crippen LogP contribution is -2.37. The normalized spacial score (nSPS) is 15.4. The Bertz CT molecular complexity index is 678. The van der Waals surface area contributed by atoms with Gasteiger partial charge < -0.3 is 5.32 Å². The van der Waals surface area contributed by atoms with Crippen LogP contribution in [0.2, 0.25) is 19.6 Å². The van der Waals surface area contributed by atoms with Crippen molar-refractivity contribution in [2.75, 3.05) is 5.32 Å². The topological polar surface area (TPSA) is 12.0 Å². The van der Waals surface area contributed by atoms with Gasteiger partial charge in [-0.2, -0.15) is 0 Å². The first-order valence-corrected chi connectivity index (χ1v) is 9.07. The first kappa shape index (κ1) is 7.02. The molecule has 17 heavy (non-hydrogen) atoms. The lowest BCUT2D eigenvalue weighted by molar-refractivity contribution is 1.55. The Hall–Kier alpha value is -1.54. The Morgan fingerprint density at radius 1 is 0.882 bits per heavy atom. The zero-order chi connectivity index (χ0) is 16.7. The minimum absolute atomic E-state index is 0.103. The fraction of sp³-hybridized carbons (Fsp3) is 0.200. The Balaban J connectivity index is 2.40. The van der Waals surface area contributed by atoms with Gasteiger partial charge in [0.15, 0.2) is 0 Å². The Morgan fingerprint density at radius 3 is 2.00 bits per heavy atom. The van der Waals surface area contributed by atoms with E-state index in [4.69, 9.17) is 6.85 Å². The maximum absolute atomic E-state index is 7.90. The predicted octanol–water partition coefficient (Wildman–Crippen LogP) is 3.98. The monoisotopic (exact) mass is 246 g/mol. The van der Waals surface area contributed by atoms with Crippen molar-refractivity contribution in [2.45, 2.75) is 19.6 Å². The lowest BCUT2D eigenvalue weighted by atomic mass is 10.3. The number of rotatable bonds is 3. The third kappa shape index (κ3) is 3.20. The highest BCUT2D eigenvalue weighted by molar-refractivity contribution is 6.88. The van der Waals surface area contributed by atoms with Crippen LogP contribution < -0.4 is 10.5 Å². The predicted molar refractivity (Wildman–Crippen MR) is 79.1 cm³/mol. The highest BCUT2D eigenvalue weighted by atomic mass is 28.3. The van der Waals surface area contributed by atoms with Gasteiger partial charge in [-0.25, -0.2) is 0 Å². The molecule has 0 radical (unpaired) electrons. The molecular formula is C15H19NSi. The summed E-state index contributed by atoms with van der Waals surface area (Å²) in [6, 6.07) is 6.34. The SMILES string of the molecule is [2H]c1c([2H])c([2H])c(Nc2ccc([Si](C)(C)C)cc2)c([2H])c1[2H]. The highest BCUT2D eigenvalue weighted by Crippen LogP contribution is 2.15. The summed E-state index contributed by atoms with van der Waals surface area (Å²) in [5, 5.41) is 4.25. The van der Waals surface area contributed by atoms with Crippen LogP contribution in [-0.2, 0) is 0 Å². The van der Waals surface area contributed by atoms with Crippen molar-refractivity contribution in [3.05, 3.63) is 54.5 Å². The van der Waals surface area contributed by atoms with E-state index in [9.17, 15) is 0 Å². The average Bonchev–Trinajstić information content (AvgIpc) is 2.47. The van der Waals surface area contributed by atoms with Gasteiger partial charge in [0, 0.05) is 11.4 Å². The van der Waals surface area contributed by atoms with Crippen LogP contribution in [0.5, 0.6) is 0 Å². The molecule has 0 aliphatic carbocycles. The molecule has 0 saturated carbocycles. The van der Waals surface area contributed by atoms with Crippen LogP contribution in [0.1, 0.15) is 6.85 Å². The van der Waals surface area contributed by atoms with Crippen LogP contribution in [0.15, 0.2) is 54.5 Å². The third-order valence-corrected chi connectivity index (χ3v) is 4.59. The smallest absolute Gasteiger partial charge is 0.0775 e. The standard InChI is InChI=1S/C15H19NSi/c1-17(2,3)15-11-9-14(10-12-15)16-13-7-5-4-6-8-13/h4-12,16H,1-3H3/i4D,5D,6D,7D,8D. The van der Waals surface area contributed by atoms with Gasteiger partial charge in [0.05, 0.1) is 14.9 Å². The summed E-state index contributed by atoms with van der Waals surface area (Å²) >= 11 is 0. The summed E-state index contributed by atoms with van der Waals surface area (Å²) < 4.78 is 38.7. The number of hydrogen-bond acceptors (Lipinski definition) is 1. The number of para-hydroxylation sites is 1. The van der Waals surface area contributed by atoms with Crippen LogP contribution in [0.4, 0.5) is 11.4 Å². The molecule has 0 amide bonds. The number of nitrogens with one attached hydrogen (secondary N) is 1. The molecule has 0 aliphatic heterocycles. The van der Waals surface area contributed by atoms with E-state index in [0.29, 0.717) is 5.69 Å². The highest BCUT2D eigenvalue weighted by Gasteiger charge is 2.15. The fourth-order valence-corrected chi connectivity index (χ4v) is 2.68. The van der Waals surface area contributed by atoms with Crippen LogP contribution in [0, 0.1) is 0 Å². The van der Waals surface area contributed by atoms with Crippen molar-refractivity contribution in [3.8, 4) is 0 Å². The van der Waals surface area contributed by atoms with E-state index in [1.165, 1.54) is 5.19 Å². The summed E-state index contributed by atoms with van der Waals surface area (Å²) in [4.78, 5) is 0. The molecule has 0 spiro atoms. The molecule has 88 valence electrons. The van der Waals surface area contributed by atoms with Crippen molar-refractivity contribution in [1.82, 2.24) is 0 Å². The Morgan fingerprint density at radius 2 is 1.47 bits per heavy atom. The maximum Gasteiger partial charge on any atom is 0.0775 e. The molecule has 2 aromatic carbocycles.